The Balaban J connectivity index is 2.04. The van der Waals surface area contributed by atoms with Gasteiger partial charge in [-0.1, -0.05) is 59.6 Å². The summed E-state index contributed by atoms with van der Waals surface area (Å²) < 4.78 is 0. The first-order valence-corrected chi connectivity index (χ1v) is 7.15. The first kappa shape index (κ1) is 13.0. The number of aliphatic hydroxyl groups excluding tert-OH is 1. The zero-order valence-corrected chi connectivity index (χ0v) is 11.8. The molecular weight excluding hydrogens is 279 g/mol. The van der Waals surface area contributed by atoms with Crippen LogP contribution in [0.3, 0.4) is 0 Å². The normalized spacial score (nSPS) is 16.4. The molecule has 1 saturated carbocycles. The summed E-state index contributed by atoms with van der Waals surface area (Å²) in [5.74, 6) is 0.587. The third-order valence-electron chi connectivity index (χ3n) is 3.58. The fourth-order valence-corrected chi connectivity index (χ4v) is 2.84. The van der Waals surface area contributed by atoms with Crippen molar-refractivity contribution in [2.45, 2.75) is 24.9 Å². The van der Waals surface area contributed by atoms with Crippen LogP contribution in [0.2, 0.25) is 10.0 Å². The zero-order chi connectivity index (χ0) is 13.4. The lowest BCUT2D eigenvalue weighted by molar-refractivity contribution is 0.219. The zero-order valence-electron chi connectivity index (χ0n) is 10.3. The second-order valence-corrected chi connectivity index (χ2v) is 5.73. The van der Waals surface area contributed by atoms with Crippen LogP contribution in [0.1, 0.15) is 41.6 Å². The summed E-state index contributed by atoms with van der Waals surface area (Å²) >= 11 is 12.2. The fourth-order valence-electron chi connectivity index (χ4n) is 2.43. The van der Waals surface area contributed by atoms with Crippen LogP contribution in [0.4, 0.5) is 0 Å². The third kappa shape index (κ3) is 2.51. The summed E-state index contributed by atoms with van der Waals surface area (Å²) in [6.07, 6.45) is 1.68. The van der Waals surface area contributed by atoms with E-state index in [1.807, 2.05) is 30.3 Å². The van der Waals surface area contributed by atoms with Crippen molar-refractivity contribution >= 4 is 23.2 Å². The van der Waals surface area contributed by atoms with Gasteiger partial charge >= 0.3 is 0 Å². The highest BCUT2D eigenvalue weighted by molar-refractivity contribution is 6.42. The minimum Gasteiger partial charge on any atom is -0.384 e. The quantitative estimate of drug-likeness (QED) is 0.848. The molecule has 2 aromatic rings. The van der Waals surface area contributed by atoms with Gasteiger partial charge in [0.25, 0.3) is 0 Å². The van der Waals surface area contributed by atoms with Crippen molar-refractivity contribution in [3.05, 3.63) is 69.2 Å². The second kappa shape index (κ2) is 5.16. The molecule has 1 unspecified atom stereocenters. The topological polar surface area (TPSA) is 20.2 Å². The van der Waals surface area contributed by atoms with E-state index in [2.05, 4.69) is 6.07 Å². The highest BCUT2D eigenvalue weighted by atomic mass is 35.5. The molecule has 19 heavy (non-hydrogen) atoms. The van der Waals surface area contributed by atoms with Crippen molar-refractivity contribution in [3.8, 4) is 0 Å². The molecule has 0 heterocycles. The maximum absolute atomic E-state index is 10.6. The van der Waals surface area contributed by atoms with Crippen molar-refractivity contribution in [1.82, 2.24) is 0 Å². The van der Waals surface area contributed by atoms with Gasteiger partial charge in [-0.3, -0.25) is 0 Å². The van der Waals surface area contributed by atoms with Crippen LogP contribution in [0, 0.1) is 0 Å². The molecular formula is C16H14Cl2O. The summed E-state index contributed by atoms with van der Waals surface area (Å²) in [7, 11) is 0. The summed E-state index contributed by atoms with van der Waals surface area (Å²) in [4.78, 5) is 0. The van der Waals surface area contributed by atoms with E-state index < -0.39 is 6.10 Å². The van der Waals surface area contributed by atoms with E-state index in [0.717, 1.165) is 5.56 Å². The minimum atomic E-state index is -0.719. The maximum Gasteiger partial charge on any atom is 0.106 e. The molecule has 3 rings (SSSR count). The van der Waals surface area contributed by atoms with Gasteiger partial charge in [0, 0.05) is 5.56 Å². The molecule has 1 aliphatic carbocycles. The Kier molecular flexibility index (Phi) is 3.53. The number of aliphatic hydroxyl groups is 1. The van der Waals surface area contributed by atoms with Crippen molar-refractivity contribution in [2.24, 2.45) is 0 Å². The fraction of sp³-hybridized carbons (Fsp3) is 0.250. The Labute approximate surface area is 122 Å². The molecule has 0 aromatic heterocycles. The SMILES string of the molecule is OC(c1ccccc1C1CC1)c1cccc(Cl)c1Cl. The standard InChI is InChI=1S/C16H14Cl2O/c17-14-7-3-6-13(15(14)18)16(19)12-5-2-1-4-11(12)10-8-9-10/h1-7,10,16,19H,8-9H2. The van der Waals surface area contributed by atoms with Crippen LogP contribution >= 0.6 is 23.2 Å². The van der Waals surface area contributed by atoms with Gasteiger partial charge in [0.05, 0.1) is 10.0 Å². The monoisotopic (exact) mass is 292 g/mol. The molecule has 3 heteroatoms. The van der Waals surface area contributed by atoms with E-state index in [1.165, 1.54) is 18.4 Å². The molecule has 0 aliphatic heterocycles. The average molecular weight is 293 g/mol. The van der Waals surface area contributed by atoms with Gasteiger partial charge < -0.3 is 5.11 Å². The third-order valence-corrected chi connectivity index (χ3v) is 4.42. The Morgan fingerprint density at radius 1 is 0.947 bits per heavy atom. The number of rotatable bonds is 3. The molecule has 0 saturated heterocycles. The Hall–Kier alpha value is -1.02. The molecule has 0 spiro atoms. The Bertz CT molecular complexity index is 605. The second-order valence-electron chi connectivity index (χ2n) is 4.95. The number of halogens is 2. The summed E-state index contributed by atoms with van der Waals surface area (Å²) in [6, 6.07) is 13.4. The molecule has 1 nitrogen and oxygen atoms in total. The highest BCUT2D eigenvalue weighted by Gasteiger charge is 2.28. The van der Waals surface area contributed by atoms with Crippen LogP contribution in [-0.4, -0.2) is 5.11 Å². The first-order chi connectivity index (χ1) is 9.18. The number of benzene rings is 2. The molecule has 98 valence electrons. The summed E-state index contributed by atoms with van der Waals surface area (Å²) in [6.45, 7) is 0. The van der Waals surface area contributed by atoms with Crippen LogP contribution in [0.15, 0.2) is 42.5 Å². The van der Waals surface area contributed by atoms with Gasteiger partial charge in [0.2, 0.25) is 0 Å². The van der Waals surface area contributed by atoms with Crippen molar-refractivity contribution < 1.29 is 5.11 Å². The van der Waals surface area contributed by atoms with Crippen molar-refractivity contribution in [3.63, 3.8) is 0 Å². The lowest BCUT2D eigenvalue weighted by Gasteiger charge is -2.17. The molecule has 0 radical (unpaired) electrons. The van der Waals surface area contributed by atoms with Crippen LogP contribution in [0.25, 0.3) is 0 Å². The van der Waals surface area contributed by atoms with E-state index in [0.29, 0.717) is 21.5 Å². The smallest absolute Gasteiger partial charge is 0.106 e. The molecule has 1 N–H and O–H groups in total. The summed E-state index contributed by atoms with van der Waals surface area (Å²) in [5.41, 5.74) is 2.84. The van der Waals surface area contributed by atoms with Gasteiger partial charge in [-0.15, -0.1) is 0 Å². The van der Waals surface area contributed by atoms with E-state index in [9.17, 15) is 5.11 Å². The molecule has 0 bridgehead atoms. The highest BCUT2D eigenvalue weighted by Crippen LogP contribution is 2.44. The van der Waals surface area contributed by atoms with E-state index in [1.54, 1.807) is 6.07 Å². The van der Waals surface area contributed by atoms with Gasteiger partial charge in [0.15, 0.2) is 0 Å². The van der Waals surface area contributed by atoms with Crippen molar-refractivity contribution in [2.75, 3.05) is 0 Å². The number of hydrogen-bond acceptors (Lipinski definition) is 1. The molecule has 2 aromatic carbocycles. The van der Waals surface area contributed by atoms with Gasteiger partial charge in [-0.2, -0.15) is 0 Å². The average Bonchev–Trinajstić information content (AvgIpc) is 3.26. The lowest BCUT2D eigenvalue weighted by atomic mass is 9.94. The molecule has 1 fully saturated rings. The van der Waals surface area contributed by atoms with Crippen LogP contribution < -0.4 is 0 Å². The minimum absolute atomic E-state index is 0.433. The predicted molar refractivity (Wildman–Crippen MR) is 78.9 cm³/mol. The van der Waals surface area contributed by atoms with Gasteiger partial charge in [0.1, 0.15) is 6.10 Å². The molecule has 0 amide bonds. The maximum atomic E-state index is 10.6. The van der Waals surface area contributed by atoms with Crippen LogP contribution in [-0.2, 0) is 0 Å². The number of hydrogen-bond donors (Lipinski definition) is 1. The lowest BCUT2D eigenvalue weighted by Crippen LogP contribution is -2.04. The first-order valence-electron chi connectivity index (χ1n) is 6.39. The van der Waals surface area contributed by atoms with E-state index in [4.69, 9.17) is 23.2 Å². The predicted octanol–water partition coefficient (Wildman–Crippen LogP) is 4.95. The molecule has 1 aliphatic rings. The summed E-state index contributed by atoms with van der Waals surface area (Å²) in [5, 5.41) is 11.5. The van der Waals surface area contributed by atoms with Crippen LogP contribution in [0.5, 0.6) is 0 Å². The van der Waals surface area contributed by atoms with Gasteiger partial charge in [-0.25, -0.2) is 0 Å². The van der Waals surface area contributed by atoms with E-state index in [-0.39, 0.29) is 0 Å². The van der Waals surface area contributed by atoms with Gasteiger partial charge in [-0.05, 0) is 36.0 Å². The molecule has 1 atom stereocenters. The van der Waals surface area contributed by atoms with Crippen molar-refractivity contribution in [1.29, 1.82) is 0 Å². The Morgan fingerprint density at radius 2 is 1.63 bits per heavy atom. The van der Waals surface area contributed by atoms with E-state index >= 15 is 0 Å². The largest absolute Gasteiger partial charge is 0.384 e. The Morgan fingerprint density at radius 3 is 2.37 bits per heavy atom.